The van der Waals surface area contributed by atoms with Crippen molar-refractivity contribution in [2.75, 3.05) is 26.4 Å². The molecule has 0 aromatic carbocycles. The molecule has 1 saturated heterocycles. The van der Waals surface area contributed by atoms with Gasteiger partial charge in [-0.05, 0) is 26.8 Å². The predicted octanol–water partition coefficient (Wildman–Crippen LogP) is -0.0362. The van der Waals surface area contributed by atoms with Gasteiger partial charge in [0.05, 0.1) is 6.04 Å². The Morgan fingerprint density at radius 2 is 2.33 bits per heavy atom. The minimum absolute atomic E-state index is 0.0451. The van der Waals surface area contributed by atoms with E-state index in [-0.39, 0.29) is 17.2 Å². The van der Waals surface area contributed by atoms with E-state index in [0.29, 0.717) is 6.54 Å². The summed E-state index contributed by atoms with van der Waals surface area (Å²) >= 11 is 0. The van der Waals surface area contributed by atoms with Gasteiger partial charge in [-0.1, -0.05) is 0 Å². The lowest BCUT2D eigenvalue weighted by atomic mass is 10.1. The van der Waals surface area contributed by atoms with Gasteiger partial charge in [0, 0.05) is 35.4 Å². The van der Waals surface area contributed by atoms with Crippen molar-refractivity contribution >= 4 is 16.7 Å². The molecule has 3 atom stereocenters. The van der Waals surface area contributed by atoms with E-state index in [2.05, 4.69) is 5.32 Å². The summed E-state index contributed by atoms with van der Waals surface area (Å²) < 4.78 is 11.2. The molecule has 0 saturated carbocycles. The Bertz CT molecular complexity index is 258. The molecule has 1 aliphatic rings. The van der Waals surface area contributed by atoms with E-state index < -0.39 is 10.8 Å². The van der Waals surface area contributed by atoms with Crippen LogP contribution in [0.25, 0.3) is 0 Å². The highest BCUT2D eigenvalue weighted by Crippen LogP contribution is 2.12. The highest BCUT2D eigenvalue weighted by atomic mass is 32.2. The fraction of sp³-hybridized carbons (Fsp3) is 0.900. The zero-order chi connectivity index (χ0) is 11.4. The first-order valence-electron chi connectivity index (χ1n) is 5.34. The number of nitrogens with zero attached hydrogens (tertiary/aromatic N) is 1. The average molecular weight is 232 g/mol. The first kappa shape index (κ1) is 12.6. The maximum Gasteiger partial charge on any atom is 0.239 e. The molecule has 0 spiro atoms. The van der Waals surface area contributed by atoms with Crippen LogP contribution in [0.5, 0.6) is 0 Å². The van der Waals surface area contributed by atoms with Gasteiger partial charge in [-0.25, -0.2) is 0 Å². The molecule has 5 heteroatoms. The zero-order valence-corrected chi connectivity index (χ0v) is 10.5. The van der Waals surface area contributed by atoms with Gasteiger partial charge in [0.15, 0.2) is 0 Å². The second-order valence-corrected chi connectivity index (χ2v) is 5.88. The molecule has 1 amide bonds. The van der Waals surface area contributed by atoms with Crippen molar-refractivity contribution in [3.63, 3.8) is 0 Å². The molecular formula is C10H20N2O2S. The number of likely N-dealkylation sites (tertiary alicyclic amines) is 1. The minimum atomic E-state index is -0.854. The smallest absolute Gasteiger partial charge is 0.239 e. The van der Waals surface area contributed by atoms with Gasteiger partial charge in [0.25, 0.3) is 0 Å². The first-order valence-corrected chi connectivity index (χ1v) is 6.96. The van der Waals surface area contributed by atoms with Crippen molar-refractivity contribution in [1.82, 2.24) is 10.2 Å². The highest BCUT2D eigenvalue weighted by Gasteiger charge is 2.28. The van der Waals surface area contributed by atoms with Gasteiger partial charge >= 0.3 is 0 Å². The predicted molar refractivity (Wildman–Crippen MR) is 62.2 cm³/mol. The summed E-state index contributed by atoms with van der Waals surface area (Å²) in [5.41, 5.74) is 0. The quantitative estimate of drug-likeness (QED) is 0.740. The van der Waals surface area contributed by atoms with Crippen molar-refractivity contribution in [3.8, 4) is 0 Å². The van der Waals surface area contributed by atoms with E-state index >= 15 is 0 Å². The number of rotatable bonds is 4. The lowest BCUT2D eigenvalue weighted by molar-refractivity contribution is -0.135. The van der Waals surface area contributed by atoms with Gasteiger partial charge in [-0.3, -0.25) is 9.00 Å². The third-order valence-corrected chi connectivity index (χ3v) is 4.21. The lowest BCUT2D eigenvalue weighted by Gasteiger charge is -2.33. The molecular weight excluding hydrogens is 212 g/mol. The molecule has 0 aromatic heterocycles. The monoisotopic (exact) mass is 232 g/mol. The third-order valence-electron chi connectivity index (χ3n) is 2.92. The Morgan fingerprint density at radius 3 is 2.87 bits per heavy atom. The van der Waals surface area contributed by atoms with Crippen LogP contribution in [0, 0.1) is 0 Å². The van der Waals surface area contributed by atoms with Crippen molar-refractivity contribution in [2.45, 2.75) is 31.1 Å². The van der Waals surface area contributed by atoms with Gasteiger partial charge in [-0.15, -0.1) is 0 Å². The number of nitrogens with one attached hydrogen (secondary N) is 1. The molecule has 4 nitrogen and oxygen atoms in total. The van der Waals surface area contributed by atoms with Crippen LogP contribution in [0.2, 0.25) is 0 Å². The summed E-state index contributed by atoms with van der Waals surface area (Å²) in [6.45, 7) is 3.34. The molecule has 3 unspecified atom stereocenters. The van der Waals surface area contributed by atoms with Gasteiger partial charge in [0.1, 0.15) is 0 Å². The molecule has 0 bridgehead atoms. The fourth-order valence-electron chi connectivity index (χ4n) is 1.80. The van der Waals surface area contributed by atoms with E-state index in [9.17, 15) is 9.00 Å². The number of amides is 1. The Hall–Kier alpha value is -0.420. The van der Waals surface area contributed by atoms with Crippen molar-refractivity contribution in [3.05, 3.63) is 0 Å². The van der Waals surface area contributed by atoms with Crippen molar-refractivity contribution in [2.24, 2.45) is 0 Å². The maximum atomic E-state index is 11.9. The molecule has 0 radical (unpaired) electrons. The van der Waals surface area contributed by atoms with Crippen LogP contribution < -0.4 is 5.32 Å². The van der Waals surface area contributed by atoms with Crippen molar-refractivity contribution in [1.29, 1.82) is 0 Å². The Kier molecular flexibility index (Phi) is 4.73. The normalized spacial score (nSPS) is 26.5. The topological polar surface area (TPSA) is 49.4 Å². The number of piperidine rings is 1. The van der Waals surface area contributed by atoms with Gasteiger partial charge < -0.3 is 10.2 Å². The highest BCUT2D eigenvalue weighted by molar-refractivity contribution is 7.84. The maximum absolute atomic E-state index is 11.9. The van der Waals surface area contributed by atoms with Crippen LogP contribution in [0.1, 0.15) is 19.8 Å². The van der Waals surface area contributed by atoms with E-state index in [0.717, 1.165) is 19.4 Å². The summed E-state index contributed by atoms with van der Waals surface area (Å²) in [6, 6.07) is -0.0451. The van der Waals surface area contributed by atoms with Crippen molar-refractivity contribution < 1.29 is 9.00 Å². The summed E-state index contributed by atoms with van der Waals surface area (Å²) in [6.07, 6.45) is 3.63. The van der Waals surface area contributed by atoms with Crippen LogP contribution in [0.3, 0.4) is 0 Å². The average Bonchev–Trinajstić information content (AvgIpc) is 2.21. The summed E-state index contributed by atoms with van der Waals surface area (Å²) in [7, 11) is 0.959. The van der Waals surface area contributed by atoms with E-state index in [4.69, 9.17) is 0 Å². The second-order valence-electron chi connectivity index (χ2n) is 4.08. The molecule has 1 heterocycles. The molecule has 15 heavy (non-hydrogen) atoms. The van der Waals surface area contributed by atoms with Crippen LogP contribution in [-0.4, -0.2) is 52.7 Å². The van der Waals surface area contributed by atoms with E-state index in [1.165, 1.54) is 0 Å². The number of carbonyl (C=O) groups is 1. The van der Waals surface area contributed by atoms with Gasteiger partial charge in [-0.2, -0.15) is 0 Å². The second kappa shape index (κ2) is 5.61. The lowest BCUT2D eigenvalue weighted by Crippen LogP contribution is -2.51. The standard InChI is InChI=1S/C10H20N2O2S/c1-8(15(3)14)7-12-6-4-5-9(11-2)10(12)13/h8-9,11H,4-7H2,1-3H3. The summed E-state index contributed by atoms with van der Waals surface area (Å²) in [5, 5.41) is 3.08. The zero-order valence-electron chi connectivity index (χ0n) is 9.66. The minimum Gasteiger partial charge on any atom is -0.340 e. The van der Waals surface area contributed by atoms with E-state index in [1.54, 1.807) is 6.26 Å². The number of hydrogen-bond donors (Lipinski definition) is 1. The Labute approximate surface area is 93.9 Å². The van der Waals surface area contributed by atoms with Crippen LogP contribution in [0.15, 0.2) is 0 Å². The molecule has 0 aromatic rings. The molecule has 1 fully saturated rings. The van der Waals surface area contributed by atoms with Crippen LogP contribution in [-0.2, 0) is 15.6 Å². The first-order chi connectivity index (χ1) is 7.06. The molecule has 1 aliphatic heterocycles. The Morgan fingerprint density at radius 1 is 1.67 bits per heavy atom. The number of carbonyl (C=O) groups excluding carboxylic acids is 1. The summed E-state index contributed by atoms with van der Waals surface area (Å²) in [4.78, 5) is 13.7. The fourth-order valence-corrected chi connectivity index (χ4v) is 2.19. The summed E-state index contributed by atoms with van der Waals surface area (Å²) in [5.74, 6) is 0.154. The molecule has 0 aliphatic carbocycles. The van der Waals surface area contributed by atoms with Gasteiger partial charge in [0.2, 0.25) is 5.91 Å². The largest absolute Gasteiger partial charge is 0.340 e. The Balaban J connectivity index is 2.54. The number of hydrogen-bond acceptors (Lipinski definition) is 3. The SMILES string of the molecule is CNC1CCCN(CC(C)S(C)=O)C1=O. The third kappa shape index (κ3) is 3.28. The van der Waals surface area contributed by atoms with Crippen LogP contribution in [0.4, 0.5) is 0 Å². The molecule has 1 N–H and O–H groups in total. The molecule has 1 rings (SSSR count). The van der Waals surface area contributed by atoms with E-state index in [1.807, 2.05) is 18.9 Å². The molecule has 88 valence electrons. The number of likely N-dealkylation sites (N-methyl/N-ethyl adjacent to an activating group) is 1. The van der Waals surface area contributed by atoms with Crippen LogP contribution >= 0.6 is 0 Å².